The number of fused-ring (bicyclic) bond motifs is 5. The van der Waals surface area contributed by atoms with Gasteiger partial charge in [-0.25, -0.2) is 0 Å². The molecule has 1 amide bonds. The predicted octanol–water partition coefficient (Wildman–Crippen LogP) is 4.99. The van der Waals surface area contributed by atoms with Crippen LogP contribution in [0.3, 0.4) is 0 Å². The van der Waals surface area contributed by atoms with Crippen molar-refractivity contribution in [3.8, 4) is 5.75 Å². The van der Waals surface area contributed by atoms with Crippen molar-refractivity contribution in [1.29, 1.82) is 0 Å². The van der Waals surface area contributed by atoms with E-state index in [0.717, 1.165) is 49.8 Å². The summed E-state index contributed by atoms with van der Waals surface area (Å²) in [7, 11) is 3.20. The van der Waals surface area contributed by atoms with Gasteiger partial charge in [0.05, 0.1) is 20.1 Å². The summed E-state index contributed by atoms with van der Waals surface area (Å²) < 4.78 is 10.5. The van der Waals surface area contributed by atoms with E-state index in [0.29, 0.717) is 24.3 Å². The van der Waals surface area contributed by atoms with Crippen LogP contribution in [0.4, 0.5) is 0 Å². The van der Waals surface area contributed by atoms with Crippen molar-refractivity contribution in [2.75, 3.05) is 14.2 Å². The second kappa shape index (κ2) is 8.18. The lowest BCUT2D eigenvalue weighted by atomic mass is 9.47. The molecule has 33 heavy (non-hydrogen) atoms. The van der Waals surface area contributed by atoms with E-state index in [1.165, 1.54) is 7.11 Å². The highest BCUT2D eigenvalue weighted by Gasteiger charge is 2.61. The van der Waals surface area contributed by atoms with Crippen LogP contribution in [0.25, 0.3) is 0 Å². The van der Waals surface area contributed by atoms with Crippen molar-refractivity contribution < 1.29 is 19.1 Å². The van der Waals surface area contributed by atoms with E-state index in [1.807, 2.05) is 18.2 Å². The molecule has 3 fully saturated rings. The van der Waals surface area contributed by atoms with Gasteiger partial charge in [-0.3, -0.25) is 9.59 Å². The van der Waals surface area contributed by atoms with E-state index < -0.39 is 0 Å². The minimum absolute atomic E-state index is 0.0199. The maximum atomic E-state index is 13.0. The molecule has 1 heterocycles. The first-order chi connectivity index (χ1) is 15.8. The van der Waals surface area contributed by atoms with E-state index in [4.69, 9.17) is 9.47 Å². The molecule has 1 aromatic carbocycles. The predicted molar refractivity (Wildman–Crippen MR) is 126 cm³/mol. The summed E-state index contributed by atoms with van der Waals surface area (Å²) in [5, 5.41) is 0. The maximum absolute atomic E-state index is 13.0. The van der Waals surface area contributed by atoms with E-state index >= 15 is 0 Å². The fourth-order valence-corrected chi connectivity index (χ4v) is 8.24. The summed E-state index contributed by atoms with van der Waals surface area (Å²) >= 11 is 0. The van der Waals surface area contributed by atoms with Crippen LogP contribution >= 0.6 is 0 Å². The zero-order chi connectivity index (χ0) is 23.4. The molecule has 1 aliphatic heterocycles. The number of carbonyl (C=O) groups is 2. The smallest absolute Gasteiger partial charge is 0.309 e. The minimum atomic E-state index is -0.0211. The van der Waals surface area contributed by atoms with Gasteiger partial charge in [-0.05, 0) is 85.5 Å². The Hall–Kier alpha value is -2.30. The SMILES string of the molecule is COC(=O)[C@H]1CC[C@H]2[C@@H]3CC[C@H]4N(Cc5ccc(OC)cc5)C(=O)C=C[C@]4(C)[C@H]3CC[C@]12C. The molecule has 0 bridgehead atoms. The highest BCUT2D eigenvalue weighted by atomic mass is 16.5. The maximum Gasteiger partial charge on any atom is 0.309 e. The third kappa shape index (κ3) is 3.41. The highest BCUT2D eigenvalue weighted by molar-refractivity contribution is 5.89. The van der Waals surface area contributed by atoms with Crippen LogP contribution in [0, 0.1) is 34.5 Å². The second-order valence-electron chi connectivity index (χ2n) is 11.2. The number of benzene rings is 1. The normalized spacial score (nSPS) is 39.5. The first kappa shape index (κ1) is 22.5. The molecule has 178 valence electrons. The van der Waals surface area contributed by atoms with Gasteiger partial charge >= 0.3 is 5.97 Å². The van der Waals surface area contributed by atoms with Crippen molar-refractivity contribution in [1.82, 2.24) is 4.90 Å². The number of esters is 1. The fraction of sp³-hybridized carbons (Fsp3) is 0.643. The Balaban J connectivity index is 1.40. The van der Waals surface area contributed by atoms with Crippen LogP contribution in [0.5, 0.6) is 5.75 Å². The van der Waals surface area contributed by atoms with Gasteiger partial charge in [-0.1, -0.05) is 32.1 Å². The van der Waals surface area contributed by atoms with Crippen LogP contribution in [-0.2, 0) is 20.9 Å². The Labute approximate surface area is 197 Å². The third-order valence-corrected chi connectivity index (χ3v) is 9.97. The summed E-state index contributed by atoms with van der Waals surface area (Å²) in [6.45, 7) is 5.36. The lowest BCUT2D eigenvalue weighted by Crippen LogP contribution is -2.60. The molecular weight excluding hydrogens is 414 g/mol. The second-order valence-corrected chi connectivity index (χ2v) is 11.2. The first-order valence-electron chi connectivity index (χ1n) is 12.5. The molecule has 4 aliphatic rings. The molecule has 0 aromatic heterocycles. The molecule has 0 spiro atoms. The molecule has 0 unspecified atom stereocenters. The standard InChI is InChI=1S/C28H37NO4/c1-27-15-13-22-20(21(27)10-11-23(27)26(31)33-4)9-12-24-28(22,2)16-14-25(30)29(24)17-18-5-7-19(32-3)8-6-18/h5-8,14,16,20-24H,9-13,15,17H2,1-4H3/t20-,21-,22-,23+,24+,27-,28+/m0/s1. The van der Waals surface area contributed by atoms with E-state index in [-0.39, 0.29) is 34.7 Å². The number of nitrogens with zero attached hydrogens (tertiary/aromatic N) is 1. The van der Waals surface area contributed by atoms with Gasteiger partial charge in [0, 0.05) is 18.0 Å². The number of rotatable bonds is 4. The topological polar surface area (TPSA) is 55.8 Å². The Kier molecular flexibility index (Phi) is 5.57. The van der Waals surface area contributed by atoms with Crippen LogP contribution in [0.1, 0.15) is 57.9 Å². The number of carbonyl (C=O) groups excluding carboxylic acids is 2. The van der Waals surface area contributed by atoms with Crippen LogP contribution < -0.4 is 4.74 Å². The van der Waals surface area contributed by atoms with E-state index in [1.54, 1.807) is 7.11 Å². The van der Waals surface area contributed by atoms with Crippen molar-refractivity contribution >= 4 is 11.9 Å². The third-order valence-electron chi connectivity index (χ3n) is 9.97. The molecule has 0 radical (unpaired) electrons. The number of ether oxygens (including phenoxy) is 2. The lowest BCUT2D eigenvalue weighted by Gasteiger charge is -2.60. The van der Waals surface area contributed by atoms with Gasteiger partial charge in [0.15, 0.2) is 0 Å². The average molecular weight is 452 g/mol. The molecule has 5 nitrogen and oxygen atoms in total. The van der Waals surface area contributed by atoms with E-state index in [2.05, 4.69) is 37.0 Å². The lowest BCUT2D eigenvalue weighted by molar-refractivity contribution is -0.156. The zero-order valence-electron chi connectivity index (χ0n) is 20.4. The molecule has 0 saturated heterocycles. The molecule has 1 aromatic rings. The number of hydrogen-bond donors (Lipinski definition) is 0. The van der Waals surface area contributed by atoms with Gasteiger partial charge < -0.3 is 14.4 Å². The summed E-state index contributed by atoms with van der Waals surface area (Å²) in [4.78, 5) is 27.7. The molecule has 0 N–H and O–H groups in total. The van der Waals surface area contributed by atoms with Crippen LogP contribution in [-0.4, -0.2) is 37.0 Å². The summed E-state index contributed by atoms with van der Waals surface area (Å²) in [5.74, 6) is 2.70. The molecular formula is C28H37NO4. The van der Waals surface area contributed by atoms with E-state index in [9.17, 15) is 9.59 Å². The van der Waals surface area contributed by atoms with Gasteiger partial charge in [-0.2, -0.15) is 0 Å². The van der Waals surface area contributed by atoms with Crippen molar-refractivity contribution in [2.24, 2.45) is 34.5 Å². The monoisotopic (exact) mass is 451 g/mol. The van der Waals surface area contributed by atoms with Gasteiger partial charge in [0.2, 0.25) is 5.91 Å². The zero-order valence-corrected chi connectivity index (χ0v) is 20.4. The average Bonchev–Trinajstić information content (AvgIpc) is 3.18. The Morgan fingerprint density at radius 3 is 2.48 bits per heavy atom. The first-order valence-corrected chi connectivity index (χ1v) is 12.5. The number of hydrogen-bond acceptors (Lipinski definition) is 4. The van der Waals surface area contributed by atoms with Crippen molar-refractivity contribution in [3.63, 3.8) is 0 Å². The minimum Gasteiger partial charge on any atom is -0.497 e. The highest BCUT2D eigenvalue weighted by Crippen LogP contribution is 2.65. The van der Waals surface area contributed by atoms with Gasteiger partial charge in [-0.15, -0.1) is 0 Å². The molecule has 5 heteroatoms. The van der Waals surface area contributed by atoms with Crippen molar-refractivity contribution in [2.45, 2.75) is 65.0 Å². The van der Waals surface area contributed by atoms with Crippen LogP contribution in [0.2, 0.25) is 0 Å². The largest absolute Gasteiger partial charge is 0.497 e. The fourth-order valence-electron chi connectivity index (χ4n) is 8.24. The van der Waals surface area contributed by atoms with Crippen molar-refractivity contribution in [3.05, 3.63) is 42.0 Å². The Morgan fingerprint density at radius 1 is 1.03 bits per heavy atom. The Bertz CT molecular complexity index is 955. The van der Waals surface area contributed by atoms with Gasteiger partial charge in [0.1, 0.15) is 5.75 Å². The van der Waals surface area contributed by atoms with Crippen LogP contribution in [0.15, 0.2) is 36.4 Å². The summed E-state index contributed by atoms with van der Waals surface area (Å²) in [6.07, 6.45) is 10.5. The summed E-state index contributed by atoms with van der Waals surface area (Å²) in [5.41, 5.74) is 1.17. The van der Waals surface area contributed by atoms with Gasteiger partial charge in [0.25, 0.3) is 0 Å². The molecule has 7 atom stereocenters. The number of amides is 1. The number of methoxy groups -OCH3 is 2. The quantitative estimate of drug-likeness (QED) is 0.605. The molecule has 3 aliphatic carbocycles. The Morgan fingerprint density at radius 2 is 1.79 bits per heavy atom. The summed E-state index contributed by atoms with van der Waals surface area (Å²) in [6, 6.07) is 8.28. The molecule has 3 saturated carbocycles. The molecule has 5 rings (SSSR count).